The Morgan fingerprint density at radius 1 is 1.44 bits per heavy atom. The minimum atomic E-state index is -0.275. The van der Waals surface area contributed by atoms with Crippen LogP contribution < -0.4 is 0 Å². The zero-order valence-electron chi connectivity index (χ0n) is 15.5. The fraction of sp³-hybridized carbons (Fsp3) is 0.684. The van der Waals surface area contributed by atoms with Crippen LogP contribution in [0.3, 0.4) is 0 Å². The molecule has 3 rings (SSSR count). The monoisotopic (exact) mass is 346 g/mol. The summed E-state index contributed by atoms with van der Waals surface area (Å²) >= 11 is 0. The maximum absolute atomic E-state index is 12.3. The lowest BCUT2D eigenvalue weighted by atomic mass is 9.91. The van der Waals surface area contributed by atoms with Crippen molar-refractivity contribution in [2.45, 2.75) is 64.3 Å². The highest BCUT2D eigenvalue weighted by molar-refractivity contribution is 5.71. The van der Waals surface area contributed by atoms with E-state index in [0.29, 0.717) is 0 Å². The maximum Gasteiger partial charge on any atom is 0.410 e. The van der Waals surface area contributed by atoms with E-state index in [1.54, 1.807) is 0 Å². The van der Waals surface area contributed by atoms with Gasteiger partial charge in [0.05, 0.1) is 19.3 Å². The van der Waals surface area contributed by atoms with Crippen LogP contribution in [-0.2, 0) is 17.8 Å². The van der Waals surface area contributed by atoms with Gasteiger partial charge >= 0.3 is 6.09 Å². The predicted molar refractivity (Wildman–Crippen MR) is 97.2 cm³/mol. The van der Waals surface area contributed by atoms with Crippen molar-refractivity contribution >= 4 is 6.09 Å². The first kappa shape index (κ1) is 18.0. The fourth-order valence-corrected chi connectivity index (χ4v) is 3.92. The van der Waals surface area contributed by atoms with Crippen LogP contribution >= 0.6 is 0 Å². The summed E-state index contributed by atoms with van der Waals surface area (Å²) in [6.45, 7) is 12.3. The molecule has 0 bridgehead atoms. The largest absolute Gasteiger partial charge is 0.441 e. The second kappa shape index (κ2) is 7.60. The van der Waals surface area contributed by atoms with Gasteiger partial charge in [-0.3, -0.25) is 9.58 Å². The van der Waals surface area contributed by atoms with Gasteiger partial charge in [0, 0.05) is 50.3 Å². The van der Waals surface area contributed by atoms with Gasteiger partial charge in [-0.2, -0.15) is 5.10 Å². The molecule has 3 heterocycles. The molecule has 138 valence electrons. The van der Waals surface area contributed by atoms with Crippen molar-refractivity contribution in [1.82, 2.24) is 19.6 Å². The molecule has 6 heteroatoms. The minimum Gasteiger partial charge on any atom is -0.441 e. The SMILES string of the molecule is C=CCn1cc(CN2CCC3(CC2)CN([C@H](C)CCC)C(=O)O3)cn1. The molecule has 1 spiro atoms. The molecule has 2 saturated heterocycles. The van der Waals surface area contributed by atoms with E-state index in [1.807, 2.05) is 21.9 Å². The molecule has 0 radical (unpaired) electrons. The van der Waals surface area contributed by atoms with Crippen molar-refractivity contribution in [2.75, 3.05) is 19.6 Å². The minimum absolute atomic E-state index is 0.125. The Morgan fingerprint density at radius 2 is 2.20 bits per heavy atom. The molecule has 1 amide bonds. The highest BCUT2D eigenvalue weighted by Gasteiger charge is 2.47. The molecule has 0 N–H and O–H groups in total. The van der Waals surface area contributed by atoms with Crippen LogP contribution in [0.15, 0.2) is 25.0 Å². The number of carbonyl (C=O) groups excluding carboxylic acids is 1. The maximum atomic E-state index is 12.3. The molecule has 0 aromatic carbocycles. The van der Waals surface area contributed by atoms with Gasteiger partial charge < -0.3 is 9.64 Å². The summed E-state index contributed by atoms with van der Waals surface area (Å²) in [5.74, 6) is 0. The van der Waals surface area contributed by atoms with E-state index in [9.17, 15) is 4.79 Å². The first-order valence-corrected chi connectivity index (χ1v) is 9.39. The Hall–Kier alpha value is -1.82. The fourth-order valence-electron chi connectivity index (χ4n) is 3.92. The standard InChI is InChI=1S/C19H30N4O2/c1-4-6-16(3)23-15-19(25-18(23)24)7-10-21(11-8-19)13-17-12-20-22(14-17)9-5-2/h5,12,14,16H,2,4,6-11,13,15H2,1,3H3/t16-/m1/s1. The van der Waals surface area contributed by atoms with Gasteiger partial charge in [-0.15, -0.1) is 6.58 Å². The Kier molecular flexibility index (Phi) is 5.47. The van der Waals surface area contributed by atoms with Crippen molar-refractivity contribution in [1.29, 1.82) is 0 Å². The summed E-state index contributed by atoms with van der Waals surface area (Å²) in [6.07, 6.45) is 9.68. The molecule has 2 aliphatic rings. The Morgan fingerprint density at radius 3 is 2.88 bits per heavy atom. The number of ether oxygens (including phenoxy) is 1. The number of aromatic nitrogens is 2. The molecule has 2 fully saturated rings. The second-order valence-corrected chi connectivity index (χ2v) is 7.45. The topological polar surface area (TPSA) is 50.6 Å². The molecule has 0 aliphatic carbocycles. The quantitative estimate of drug-likeness (QED) is 0.712. The van der Waals surface area contributed by atoms with Crippen molar-refractivity contribution in [3.05, 3.63) is 30.6 Å². The summed E-state index contributed by atoms with van der Waals surface area (Å²) in [7, 11) is 0. The van der Waals surface area contributed by atoms with Gasteiger partial charge in [-0.1, -0.05) is 19.4 Å². The van der Waals surface area contributed by atoms with Crippen LogP contribution in [0.2, 0.25) is 0 Å². The molecule has 1 aromatic rings. The van der Waals surface area contributed by atoms with Crippen molar-refractivity contribution in [2.24, 2.45) is 0 Å². The number of likely N-dealkylation sites (tertiary alicyclic amines) is 1. The lowest BCUT2D eigenvalue weighted by molar-refractivity contribution is -0.00132. The average Bonchev–Trinajstić information content (AvgIpc) is 3.15. The van der Waals surface area contributed by atoms with Crippen molar-refractivity contribution in [3.63, 3.8) is 0 Å². The molecule has 6 nitrogen and oxygen atoms in total. The summed E-state index contributed by atoms with van der Waals surface area (Å²) in [5, 5.41) is 4.34. The number of piperidine rings is 1. The lowest BCUT2D eigenvalue weighted by Crippen LogP contribution is -2.47. The van der Waals surface area contributed by atoms with Gasteiger partial charge in [-0.05, 0) is 13.3 Å². The first-order valence-electron chi connectivity index (χ1n) is 9.39. The van der Waals surface area contributed by atoms with E-state index in [-0.39, 0.29) is 17.7 Å². The Balaban J connectivity index is 1.53. The number of nitrogens with zero attached hydrogens (tertiary/aromatic N) is 4. The highest BCUT2D eigenvalue weighted by atomic mass is 16.6. The summed E-state index contributed by atoms with van der Waals surface area (Å²) < 4.78 is 7.74. The van der Waals surface area contributed by atoms with E-state index >= 15 is 0 Å². The summed E-state index contributed by atoms with van der Waals surface area (Å²) in [4.78, 5) is 16.6. The number of hydrogen-bond acceptors (Lipinski definition) is 4. The van der Waals surface area contributed by atoms with Crippen LogP contribution in [-0.4, -0.2) is 57.0 Å². The van der Waals surface area contributed by atoms with E-state index in [1.165, 1.54) is 5.56 Å². The average molecular weight is 346 g/mol. The summed E-state index contributed by atoms with van der Waals surface area (Å²) in [6, 6.07) is 0.269. The van der Waals surface area contributed by atoms with Crippen LogP contribution in [0.1, 0.15) is 45.1 Å². The van der Waals surface area contributed by atoms with Gasteiger partial charge in [-0.25, -0.2) is 4.79 Å². The molecular formula is C19H30N4O2. The van der Waals surface area contributed by atoms with Crippen LogP contribution in [0.4, 0.5) is 4.79 Å². The molecular weight excluding hydrogens is 316 g/mol. The second-order valence-electron chi connectivity index (χ2n) is 7.45. The van der Waals surface area contributed by atoms with E-state index in [0.717, 1.165) is 58.4 Å². The third-order valence-electron chi connectivity index (χ3n) is 5.41. The molecule has 2 aliphatic heterocycles. The van der Waals surface area contributed by atoms with E-state index in [2.05, 4.69) is 36.6 Å². The predicted octanol–water partition coefficient (Wildman–Crippen LogP) is 3.04. The van der Waals surface area contributed by atoms with E-state index < -0.39 is 0 Å². The Labute approximate surface area is 150 Å². The third-order valence-corrected chi connectivity index (χ3v) is 5.41. The molecule has 25 heavy (non-hydrogen) atoms. The van der Waals surface area contributed by atoms with E-state index in [4.69, 9.17) is 4.74 Å². The Bertz CT molecular complexity index is 604. The van der Waals surface area contributed by atoms with Crippen molar-refractivity contribution in [3.8, 4) is 0 Å². The number of carbonyl (C=O) groups is 1. The highest BCUT2D eigenvalue weighted by Crippen LogP contribution is 2.35. The normalized spacial score (nSPS) is 21.5. The van der Waals surface area contributed by atoms with Gasteiger partial charge in [0.2, 0.25) is 0 Å². The van der Waals surface area contributed by atoms with Gasteiger partial charge in [0.25, 0.3) is 0 Å². The number of amides is 1. The molecule has 0 unspecified atom stereocenters. The molecule has 0 saturated carbocycles. The van der Waals surface area contributed by atoms with Crippen molar-refractivity contribution < 1.29 is 9.53 Å². The lowest BCUT2D eigenvalue weighted by Gasteiger charge is -2.37. The van der Waals surface area contributed by atoms with Crippen LogP contribution in [0.5, 0.6) is 0 Å². The van der Waals surface area contributed by atoms with Gasteiger partial charge in [0.1, 0.15) is 5.60 Å². The zero-order chi connectivity index (χ0) is 17.9. The van der Waals surface area contributed by atoms with Crippen LogP contribution in [0, 0.1) is 0 Å². The summed E-state index contributed by atoms with van der Waals surface area (Å²) in [5.41, 5.74) is 0.946. The first-order chi connectivity index (χ1) is 12.0. The van der Waals surface area contributed by atoms with Gasteiger partial charge in [0.15, 0.2) is 0 Å². The van der Waals surface area contributed by atoms with Crippen LogP contribution in [0.25, 0.3) is 0 Å². The number of rotatable bonds is 7. The third kappa shape index (κ3) is 4.06. The number of hydrogen-bond donors (Lipinski definition) is 0. The zero-order valence-corrected chi connectivity index (χ0v) is 15.5. The number of allylic oxidation sites excluding steroid dienone is 1. The smallest absolute Gasteiger partial charge is 0.410 e. The molecule has 1 atom stereocenters. The molecule has 1 aromatic heterocycles.